The summed E-state index contributed by atoms with van der Waals surface area (Å²) in [7, 11) is 0. The van der Waals surface area contributed by atoms with E-state index in [1.54, 1.807) is 0 Å². The number of pyridine rings is 1. The van der Waals surface area contributed by atoms with Gasteiger partial charge in [-0.15, -0.1) is 0 Å². The second-order valence-electron chi connectivity index (χ2n) is 8.03. The van der Waals surface area contributed by atoms with E-state index in [1.165, 1.54) is 0 Å². The van der Waals surface area contributed by atoms with Gasteiger partial charge in [0.05, 0.1) is 12.6 Å². The Morgan fingerprint density at radius 3 is 2.80 bits per heavy atom. The summed E-state index contributed by atoms with van der Waals surface area (Å²) in [6.07, 6.45) is 2.20. The number of anilines is 1. The fourth-order valence-electron chi connectivity index (χ4n) is 3.86. The second kappa shape index (κ2) is 8.98. The van der Waals surface area contributed by atoms with Crippen molar-refractivity contribution in [2.45, 2.75) is 39.3 Å². The van der Waals surface area contributed by atoms with Crippen LogP contribution < -0.4 is 10.9 Å². The predicted molar refractivity (Wildman–Crippen MR) is 126 cm³/mol. The summed E-state index contributed by atoms with van der Waals surface area (Å²) in [4.78, 5) is 17.8. The van der Waals surface area contributed by atoms with Gasteiger partial charge >= 0.3 is 0 Å². The van der Waals surface area contributed by atoms with Crippen LogP contribution in [0.25, 0.3) is 10.9 Å². The first kappa shape index (κ1) is 20.6. The molecule has 0 amide bonds. The number of H-pyrrole nitrogens is 1. The molecule has 1 saturated heterocycles. The molecule has 1 aromatic heterocycles. The van der Waals surface area contributed by atoms with Crippen LogP contribution in [0, 0.1) is 13.8 Å². The van der Waals surface area contributed by atoms with Gasteiger partial charge in [-0.2, -0.15) is 0 Å². The van der Waals surface area contributed by atoms with E-state index in [-0.39, 0.29) is 11.7 Å². The first-order valence-corrected chi connectivity index (χ1v) is 10.8. The molecule has 5 nitrogen and oxygen atoms in total. The van der Waals surface area contributed by atoms with Crippen LogP contribution in [0.3, 0.4) is 0 Å². The molecule has 0 bridgehead atoms. The smallest absolute Gasteiger partial charge is 0.253 e. The second-order valence-corrected chi connectivity index (χ2v) is 8.42. The summed E-state index contributed by atoms with van der Waals surface area (Å²) < 4.78 is 5.84. The van der Waals surface area contributed by atoms with E-state index in [0.29, 0.717) is 23.8 Å². The lowest BCUT2D eigenvalue weighted by Gasteiger charge is -2.28. The quantitative estimate of drug-likeness (QED) is 0.593. The monoisotopic (exact) mass is 421 g/mol. The van der Waals surface area contributed by atoms with Gasteiger partial charge < -0.3 is 19.9 Å². The van der Waals surface area contributed by atoms with Crippen molar-refractivity contribution < 1.29 is 4.74 Å². The van der Waals surface area contributed by atoms with Gasteiger partial charge in [0, 0.05) is 29.9 Å². The first-order chi connectivity index (χ1) is 14.5. The number of benzene rings is 2. The summed E-state index contributed by atoms with van der Waals surface area (Å²) >= 11 is 5.74. The average Bonchev–Trinajstić information content (AvgIpc) is 3.21. The van der Waals surface area contributed by atoms with E-state index < -0.39 is 0 Å². The van der Waals surface area contributed by atoms with E-state index in [4.69, 9.17) is 17.0 Å². The maximum absolute atomic E-state index is 12.8. The first-order valence-electron chi connectivity index (χ1n) is 10.3. The van der Waals surface area contributed by atoms with Crippen LogP contribution >= 0.6 is 12.2 Å². The summed E-state index contributed by atoms with van der Waals surface area (Å²) in [5.74, 6) is 0. The van der Waals surface area contributed by atoms with Gasteiger partial charge in [-0.05, 0) is 79.7 Å². The average molecular weight is 422 g/mol. The molecule has 2 N–H and O–H groups in total. The minimum absolute atomic E-state index is 0.0798. The Labute approximate surface area is 182 Å². The fraction of sp³-hybridized carbons (Fsp3) is 0.333. The maximum Gasteiger partial charge on any atom is 0.253 e. The number of aromatic nitrogens is 1. The van der Waals surface area contributed by atoms with Crippen molar-refractivity contribution in [3.63, 3.8) is 0 Å². The van der Waals surface area contributed by atoms with Gasteiger partial charge in [0.2, 0.25) is 0 Å². The predicted octanol–water partition coefficient (Wildman–Crippen LogP) is 4.52. The SMILES string of the molecule is Cc1cccc(NC(=S)N(Cc2cc3ccc(C)cc3[nH]c2=O)C[C@@H]2CCCO2)c1. The molecule has 2 aromatic carbocycles. The molecule has 156 valence electrons. The van der Waals surface area contributed by atoms with Crippen molar-refractivity contribution in [2.24, 2.45) is 0 Å². The summed E-state index contributed by atoms with van der Waals surface area (Å²) in [6.45, 7) is 5.94. The highest BCUT2D eigenvalue weighted by molar-refractivity contribution is 7.80. The zero-order valence-electron chi connectivity index (χ0n) is 17.4. The van der Waals surface area contributed by atoms with Crippen LogP contribution in [0.4, 0.5) is 5.69 Å². The molecule has 0 spiro atoms. The van der Waals surface area contributed by atoms with Crippen molar-refractivity contribution in [2.75, 3.05) is 18.5 Å². The third kappa shape index (κ3) is 4.89. The topological polar surface area (TPSA) is 57.4 Å². The molecule has 0 unspecified atom stereocenters. The molecule has 30 heavy (non-hydrogen) atoms. The number of hydrogen-bond acceptors (Lipinski definition) is 3. The lowest BCUT2D eigenvalue weighted by molar-refractivity contribution is 0.0904. The highest BCUT2D eigenvalue weighted by atomic mass is 32.1. The molecule has 0 radical (unpaired) electrons. The number of fused-ring (bicyclic) bond motifs is 1. The number of nitrogens with one attached hydrogen (secondary N) is 2. The van der Waals surface area contributed by atoms with E-state index in [1.807, 2.05) is 42.2 Å². The Kier molecular flexibility index (Phi) is 6.16. The van der Waals surface area contributed by atoms with Crippen LogP contribution in [-0.2, 0) is 11.3 Å². The van der Waals surface area contributed by atoms with E-state index in [9.17, 15) is 4.79 Å². The van der Waals surface area contributed by atoms with Gasteiger partial charge in [-0.1, -0.05) is 24.3 Å². The van der Waals surface area contributed by atoms with Crippen molar-refractivity contribution in [3.05, 3.63) is 75.6 Å². The van der Waals surface area contributed by atoms with Crippen LogP contribution in [0.2, 0.25) is 0 Å². The normalized spacial score (nSPS) is 16.0. The molecule has 2 heterocycles. The standard InChI is InChI=1S/C24H27N3O2S/c1-16-5-3-6-20(11-16)25-24(30)27(15-21-7-4-10-29-21)14-19-13-18-9-8-17(2)12-22(18)26-23(19)28/h3,5-6,8-9,11-13,21H,4,7,10,14-15H2,1-2H3,(H,25,30)(H,26,28)/t21-/m0/s1. The van der Waals surface area contributed by atoms with Gasteiger partial charge in [-0.25, -0.2) is 0 Å². The van der Waals surface area contributed by atoms with Crippen molar-refractivity contribution in [1.29, 1.82) is 0 Å². The lowest BCUT2D eigenvalue weighted by Crippen LogP contribution is -2.40. The minimum Gasteiger partial charge on any atom is -0.376 e. The highest BCUT2D eigenvalue weighted by Gasteiger charge is 2.22. The van der Waals surface area contributed by atoms with E-state index in [0.717, 1.165) is 47.2 Å². The van der Waals surface area contributed by atoms with Crippen molar-refractivity contribution in [1.82, 2.24) is 9.88 Å². The van der Waals surface area contributed by atoms with Gasteiger partial charge in [-0.3, -0.25) is 4.79 Å². The van der Waals surface area contributed by atoms with Gasteiger partial charge in [0.25, 0.3) is 5.56 Å². The molecule has 1 aliphatic heterocycles. The van der Waals surface area contributed by atoms with Crippen LogP contribution in [0.5, 0.6) is 0 Å². The summed E-state index contributed by atoms with van der Waals surface area (Å²) in [6, 6.07) is 16.2. The van der Waals surface area contributed by atoms with E-state index in [2.05, 4.69) is 35.4 Å². The number of nitrogens with zero attached hydrogens (tertiary/aromatic N) is 1. The molecule has 0 saturated carbocycles. The maximum atomic E-state index is 12.8. The number of aryl methyl sites for hydroxylation is 2. The molecule has 1 aliphatic rings. The Hall–Kier alpha value is -2.70. The number of thiocarbonyl (C=S) groups is 1. The van der Waals surface area contributed by atoms with Gasteiger partial charge in [0.1, 0.15) is 0 Å². The third-order valence-corrected chi connectivity index (χ3v) is 5.80. The summed E-state index contributed by atoms with van der Waals surface area (Å²) in [5, 5.41) is 4.95. The molecular formula is C24H27N3O2S. The third-order valence-electron chi connectivity index (χ3n) is 5.44. The Balaban J connectivity index is 1.59. The van der Waals surface area contributed by atoms with Gasteiger partial charge in [0.15, 0.2) is 5.11 Å². The molecule has 0 aliphatic carbocycles. The molecular weight excluding hydrogens is 394 g/mol. The number of hydrogen-bond donors (Lipinski definition) is 2. The molecule has 3 aromatic rings. The van der Waals surface area contributed by atoms with Crippen LogP contribution in [0.1, 0.15) is 29.5 Å². The van der Waals surface area contributed by atoms with E-state index >= 15 is 0 Å². The number of aromatic amines is 1. The number of rotatable bonds is 5. The zero-order chi connectivity index (χ0) is 21.1. The Morgan fingerprint density at radius 1 is 1.20 bits per heavy atom. The largest absolute Gasteiger partial charge is 0.376 e. The van der Waals surface area contributed by atoms with Crippen LogP contribution in [0.15, 0.2) is 53.3 Å². The molecule has 4 rings (SSSR count). The molecule has 1 fully saturated rings. The highest BCUT2D eigenvalue weighted by Crippen LogP contribution is 2.18. The lowest BCUT2D eigenvalue weighted by atomic mass is 10.1. The minimum atomic E-state index is -0.0798. The van der Waals surface area contributed by atoms with Crippen molar-refractivity contribution in [3.8, 4) is 0 Å². The van der Waals surface area contributed by atoms with Crippen LogP contribution in [-0.4, -0.2) is 34.3 Å². The molecule has 1 atom stereocenters. The van der Waals surface area contributed by atoms with Crippen molar-refractivity contribution >= 4 is 33.9 Å². The zero-order valence-corrected chi connectivity index (χ0v) is 18.2. The summed E-state index contributed by atoms with van der Waals surface area (Å²) in [5.41, 5.74) is 4.70. The Bertz CT molecular complexity index is 1120. The number of ether oxygens (including phenoxy) is 1. The molecule has 6 heteroatoms. The Morgan fingerprint density at radius 2 is 2.03 bits per heavy atom. The fourth-order valence-corrected chi connectivity index (χ4v) is 4.12.